The molecule has 0 aliphatic heterocycles. The molecule has 0 spiro atoms. The summed E-state index contributed by atoms with van der Waals surface area (Å²) in [7, 11) is 0. The maximum Gasteiger partial charge on any atom is 0.319 e. The second kappa shape index (κ2) is 8.03. The Bertz CT molecular complexity index is 916. The number of hydrogen-bond donors (Lipinski definition) is 2. The number of benzene rings is 2. The molecule has 3 aromatic rings. The van der Waals surface area contributed by atoms with Gasteiger partial charge in [0.05, 0.1) is 6.04 Å². The van der Waals surface area contributed by atoms with Gasteiger partial charge < -0.3 is 15.2 Å². The third-order valence-electron chi connectivity index (χ3n) is 4.35. The first-order chi connectivity index (χ1) is 12.9. The van der Waals surface area contributed by atoms with Gasteiger partial charge in [0.25, 0.3) is 5.89 Å². The summed E-state index contributed by atoms with van der Waals surface area (Å²) >= 11 is 0. The van der Waals surface area contributed by atoms with Gasteiger partial charge in [-0.3, -0.25) is 0 Å². The molecule has 0 radical (unpaired) electrons. The van der Waals surface area contributed by atoms with Crippen LogP contribution in [0, 0.1) is 6.92 Å². The lowest BCUT2D eigenvalue weighted by atomic mass is 10.0. The van der Waals surface area contributed by atoms with E-state index in [0.29, 0.717) is 17.4 Å². The fourth-order valence-corrected chi connectivity index (χ4v) is 2.80. The standard InChI is InChI=1S/C21H24N4O2/c1-13(2)19-24-20(27-25-19)16-9-11-17(12-10-16)23-21(26)22-15(4)18-8-6-5-7-14(18)3/h5-13,15H,1-4H3,(H2,22,23,26). The highest BCUT2D eigenvalue weighted by Gasteiger charge is 2.13. The molecule has 6 heteroatoms. The summed E-state index contributed by atoms with van der Waals surface area (Å²) in [5, 5.41) is 9.77. The Kier molecular flexibility index (Phi) is 5.54. The van der Waals surface area contributed by atoms with Gasteiger partial charge in [-0.25, -0.2) is 4.79 Å². The van der Waals surface area contributed by atoms with Crippen LogP contribution in [-0.4, -0.2) is 16.2 Å². The number of aryl methyl sites for hydroxylation is 1. The summed E-state index contributed by atoms with van der Waals surface area (Å²) in [4.78, 5) is 16.7. The minimum atomic E-state index is -0.251. The number of carbonyl (C=O) groups excluding carboxylic acids is 1. The molecule has 0 saturated carbocycles. The van der Waals surface area contributed by atoms with E-state index in [0.717, 1.165) is 16.7 Å². The van der Waals surface area contributed by atoms with E-state index in [2.05, 4.69) is 20.8 Å². The van der Waals surface area contributed by atoms with Crippen LogP contribution in [0.25, 0.3) is 11.5 Å². The zero-order valence-corrected chi connectivity index (χ0v) is 16.0. The highest BCUT2D eigenvalue weighted by molar-refractivity contribution is 5.89. The fourth-order valence-electron chi connectivity index (χ4n) is 2.80. The second-order valence-corrected chi connectivity index (χ2v) is 6.87. The molecule has 0 bridgehead atoms. The third kappa shape index (κ3) is 4.53. The van der Waals surface area contributed by atoms with Crippen molar-refractivity contribution in [2.75, 3.05) is 5.32 Å². The van der Waals surface area contributed by atoms with Crippen molar-refractivity contribution in [3.63, 3.8) is 0 Å². The number of urea groups is 1. The minimum Gasteiger partial charge on any atom is -0.334 e. The second-order valence-electron chi connectivity index (χ2n) is 6.87. The van der Waals surface area contributed by atoms with Gasteiger partial charge in [-0.2, -0.15) is 4.98 Å². The number of anilines is 1. The molecule has 1 unspecified atom stereocenters. The Balaban J connectivity index is 1.62. The Morgan fingerprint density at radius 2 is 1.74 bits per heavy atom. The Morgan fingerprint density at radius 1 is 1.04 bits per heavy atom. The first-order valence-corrected chi connectivity index (χ1v) is 9.01. The highest BCUT2D eigenvalue weighted by atomic mass is 16.5. The van der Waals surface area contributed by atoms with Crippen LogP contribution in [0.3, 0.4) is 0 Å². The van der Waals surface area contributed by atoms with Crippen LogP contribution >= 0.6 is 0 Å². The topological polar surface area (TPSA) is 80.0 Å². The van der Waals surface area contributed by atoms with Crippen LogP contribution in [0.2, 0.25) is 0 Å². The molecule has 2 aromatic carbocycles. The summed E-state index contributed by atoms with van der Waals surface area (Å²) in [5.74, 6) is 1.36. The van der Waals surface area contributed by atoms with Crippen LogP contribution in [0.5, 0.6) is 0 Å². The number of rotatable bonds is 5. The first-order valence-electron chi connectivity index (χ1n) is 9.01. The predicted octanol–water partition coefficient (Wildman–Crippen LogP) is 5.05. The van der Waals surface area contributed by atoms with Gasteiger partial charge in [0.2, 0.25) is 0 Å². The van der Waals surface area contributed by atoms with E-state index in [-0.39, 0.29) is 18.0 Å². The number of nitrogens with one attached hydrogen (secondary N) is 2. The summed E-state index contributed by atoms with van der Waals surface area (Å²) in [6, 6.07) is 15.0. The van der Waals surface area contributed by atoms with Crippen molar-refractivity contribution in [3.05, 3.63) is 65.5 Å². The summed E-state index contributed by atoms with van der Waals surface area (Å²) in [6.07, 6.45) is 0. The number of carbonyl (C=O) groups is 1. The Labute approximate surface area is 159 Å². The van der Waals surface area contributed by atoms with Crippen molar-refractivity contribution in [1.82, 2.24) is 15.5 Å². The molecule has 140 valence electrons. The quantitative estimate of drug-likeness (QED) is 0.664. The van der Waals surface area contributed by atoms with E-state index in [9.17, 15) is 4.79 Å². The van der Waals surface area contributed by atoms with Crippen LogP contribution in [-0.2, 0) is 0 Å². The summed E-state index contributed by atoms with van der Waals surface area (Å²) < 4.78 is 5.28. The average molecular weight is 364 g/mol. The van der Waals surface area contributed by atoms with E-state index in [1.54, 1.807) is 0 Å². The minimum absolute atomic E-state index is 0.0849. The number of nitrogens with zero attached hydrogens (tertiary/aromatic N) is 2. The monoisotopic (exact) mass is 364 g/mol. The molecule has 6 nitrogen and oxygen atoms in total. The van der Waals surface area contributed by atoms with Crippen LogP contribution in [0.1, 0.15) is 49.7 Å². The van der Waals surface area contributed by atoms with Crippen LogP contribution in [0.15, 0.2) is 53.1 Å². The first kappa shape index (κ1) is 18.6. The molecular formula is C21H24N4O2. The van der Waals surface area contributed by atoms with Gasteiger partial charge in [-0.1, -0.05) is 43.3 Å². The molecule has 3 rings (SSSR count). The average Bonchev–Trinajstić information content (AvgIpc) is 3.13. The Hall–Kier alpha value is -3.15. The highest BCUT2D eigenvalue weighted by Crippen LogP contribution is 2.22. The molecule has 1 atom stereocenters. The van der Waals surface area contributed by atoms with E-state index < -0.39 is 0 Å². The molecule has 0 saturated heterocycles. The Morgan fingerprint density at radius 3 is 2.37 bits per heavy atom. The number of hydrogen-bond acceptors (Lipinski definition) is 4. The lowest BCUT2D eigenvalue weighted by molar-refractivity contribution is 0.249. The van der Waals surface area contributed by atoms with Gasteiger partial charge in [0.15, 0.2) is 5.82 Å². The molecule has 0 aliphatic carbocycles. The molecule has 0 aliphatic rings. The SMILES string of the molecule is Cc1ccccc1C(C)NC(=O)Nc1ccc(-c2nc(C(C)C)no2)cc1. The predicted molar refractivity (Wildman–Crippen MR) is 106 cm³/mol. The molecule has 2 N–H and O–H groups in total. The maximum atomic E-state index is 12.3. The summed E-state index contributed by atoms with van der Waals surface area (Å²) in [6.45, 7) is 8.02. The zero-order valence-electron chi connectivity index (χ0n) is 16.0. The van der Waals surface area contributed by atoms with Gasteiger partial charge >= 0.3 is 6.03 Å². The molecular weight excluding hydrogens is 340 g/mol. The van der Waals surface area contributed by atoms with Gasteiger partial charge in [0, 0.05) is 17.2 Å². The molecule has 1 heterocycles. The van der Waals surface area contributed by atoms with E-state index >= 15 is 0 Å². The zero-order chi connectivity index (χ0) is 19.4. The normalized spacial score (nSPS) is 12.0. The van der Waals surface area contributed by atoms with Gasteiger partial charge in [0.1, 0.15) is 0 Å². The number of amides is 2. The largest absolute Gasteiger partial charge is 0.334 e. The van der Waals surface area contributed by atoms with Crippen molar-refractivity contribution in [3.8, 4) is 11.5 Å². The lowest BCUT2D eigenvalue weighted by Gasteiger charge is -2.17. The summed E-state index contributed by atoms with van der Waals surface area (Å²) in [5.41, 5.74) is 3.75. The van der Waals surface area contributed by atoms with Crippen LogP contribution in [0.4, 0.5) is 10.5 Å². The van der Waals surface area contributed by atoms with E-state index in [1.165, 1.54) is 0 Å². The van der Waals surface area contributed by atoms with Crippen molar-refractivity contribution in [2.45, 2.75) is 39.7 Å². The van der Waals surface area contributed by atoms with Crippen molar-refractivity contribution in [1.29, 1.82) is 0 Å². The van der Waals surface area contributed by atoms with Crippen LogP contribution < -0.4 is 10.6 Å². The van der Waals surface area contributed by atoms with Crippen molar-refractivity contribution in [2.24, 2.45) is 0 Å². The van der Waals surface area contributed by atoms with E-state index in [4.69, 9.17) is 4.52 Å². The maximum absolute atomic E-state index is 12.3. The molecule has 0 fully saturated rings. The smallest absolute Gasteiger partial charge is 0.319 e. The molecule has 27 heavy (non-hydrogen) atoms. The van der Waals surface area contributed by atoms with Gasteiger partial charge in [-0.05, 0) is 49.2 Å². The van der Waals surface area contributed by atoms with Crippen molar-refractivity contribution >= 4 is 11.7 Å². The van der Waals surface area contributed by atoms with Crippen molar-refractivity contribution < 1.29 is 9.32 Å². The number of aromatic nitrogens is 2. The molecule has 1 aromatic heterocycles. The van der Waals surface area contributed by atoms with E-state index in [1.807, 2.05) is 76.2 Å². The fraction of sp³-hybridized carbons (Fsp3) is 0.286. The van der Waals surface area contributed by atoms with Gasteiger partial charge in [-0.15, -0.1) is 0 Å². The molecule has 2 amide bonds. The third-order valence-corrected chi connectivity index (χ3v) is 4.35. The lowest BCUT2D eigenvalue weighted by Crippen LogP contribution is -2.31.